The molecule has 1 aromatic carbocycles. The molecule has 1 N–H and O–H groups in total. The smallest absolute Gasteiger partial charge is 0.242 e. The number of rotatable bonds is 7. The number of nitrogens with zero attached hydrogens (tertiary/aromatic N) is 1. The summed E-state index contributed by atoms with van der Waals surface area (Å²) in [5.74, 6) is -0.263. The lowest BCUT2D eigenvalue weighted by Crippen LogP contribution is -2.33. The Morgan fingerprint density at radius 2 is 2.18 bits per heavy atom. The second-order valence-electron chi connectivity index (χ2n) is 5.91. The molecule has 3 aromatic rings. The summed E-state index contributed by atoms with van der Waals surface area (Å²) in [5.41, 5.74) is 0.620. The van der Waals surface area contributed by atoms with Crippen LogP contribution in [0, 0.1) is 0 Å². The first-order valence-electron chi connectivity index (χ1n) is 8.14. The maximum Gasteiger partial charge on any atom is 0.242 e. The Kier molecular flexibility index (Phi) is 6.07. The molecule has 0 saturated heterocycles. The van der Waals surface area contributed by atoms with E-state index in [0.717, 1.165) is 4.88 Å². The van der Waals surface area contributed by atoms with Crippen LogP contribution < -0.4 is 10.1 Å². The van der Waals surface area contributed by atoms with Gasteiger partial charge in [0.2, 0.25) is 11.8 Å². The van der Waals surface area contributed by atoms with Crippen LogP contribution in [0.25, 0.3) is 10.8 Å². The lowest BCUT2D eigenvalue weighted by Gasteiger charge is -2.13. The molecule has 3 rings (SSSR count). The topological polar surface area (TPSA) is 98.5 Å². The van der Waals surface area contributed by atoms with Crippen LogP contribution in [0.1, 0.15) is 12.6 Å². The number of nitrogens with one attached hydrogen (secondary N) is 1. The highest BCUT2D eigenvalue weighted by molar-refractivity contribution is 7.92. The van der Waals surface area contributed by atoms with Crippen LogP contribution in [-0.2, 0) is 20.4 Å². The van der Waals surface area contributed by atoms with Crippen LogP contribution >= 0.6 is 22.9 Å². The number of methoxy groups -OCH3 is 1. The molecule has 1 atom stereocenters. The highest BCUT2D eigenvalue weighted by Gasteiger charge is 2.29. The number of thiophene rings is 1. The lowest BCUT2D eigenvalue weighted by atomic mass is 10.3. The number of benzene rings is 1. The van der Waals surface area contributed by atoms with Gasteiger partial charge >= 0.3 is 0 Å². The van der Waals surface area contributed by atoms with Crippen molar-refractivity contribution in [2.24, 2.45) is 0 Å². The minimum atomic E-state index is -3.80. The van der Waals surface area contributed by atoms with Gasteiger partial charge in [-0.1, -0.05) is 17.7 Å². The van der Waals surface area contributed by atoms with Gasteiger partial charge in [0.25, 0.3) is 0 Å². The average molecular weight is 441 g/mol. The van der Waals surface area contributed by atoms with Gasteiger partial charge in [0, 0.05) is 5.69 Å². The van der Waals surface area contributed by atoms with Crippen molar-refractivity contribution >= 4 is 44.4 Å². The van der Waals surface area contributed by atoms with Crippen molar-refractivity contribution in [3.05, 3.63) is 52.7 Å². The van der Waals surface area contributed by atoms with E-state index in [4.69, 9.17) is 20.8 Å². The second-order valence-corrected chi connectivity index (χ2v) is 9.59. The zero-order chi connectivity index (χ0) is 20.3. The van der Waals surface area contributed by atoms with E-state index in [9.17, 15) is 13.2 Å². The van der Waals surface area contributed by atoms with Gasteiger partial charge in [0.1, 0.15) is 17.3 Å². The highest BCUT2D eigenvalue weighted by Crippen LogP contribution is 2.28. The number of carbonyl (C=O) groups is 1. The summed E-state index contributed by atoms with van der Waals surface area (Å²) >= 11 is 7.46. The Hall–Kier alpha value is -2.36. The standard InChI is InChI=1S/C18H17ClN2O5S2/c1-11(17(22)20-12-5-6-15(25-2)14(19)8-12)28(23,24)10-13-9-26-18(21-13)16-4-3-7-27-16/h3-9,11H,10H2,1-2H3,(H,20,22). The number of oxazole rings is 1. The van der Waals surface area contributed by atoms with E-state index in [1.807, 2.05) is 17.5 Å². The predicted molar refractivity (Wildman–Crippen MR) is 109 cm³/mol. The fourth-order valence-corrected chi connectivity index (χ4v) is 4.46. The first-order chi connectivity index (χ1) is 13.3. The molecule has 0 aliphatic carbocycles. The Morgan fingerprint density at radius 1 is 1.39 bits per heavy atom. The Labute approximate surface area is 171 Å². The molecule has 28 heavy (non-hydrogen) atoms. The number of anilines is 1. The van der Waals surface area contributed by atoms with Crippen molar-refractivity contribution in [1.82, 2.24) is 4.98 Å². The first kappa shape index (κ1) is 20.4. The number of hydrogen-bond acceptors (Lipinski definition) is 7. The summed E-state index contributed by atoms with van der Waals surface area (Å²) < 4.78 is 35.6. The summed E-state index contributed by atoms with van der Waals surface area (Å²) in [5, 5.41) is 3.44. The molecule has 7 nitrogen and oxygen atoms in total. The van der Waals surface area contributed by atoms with Gasteiger partial charge in [-0.3, -0.25) is 4.79 Å². The van der Waals surface area contributed by atoms with E-state index >= 15 is 0 Å². The van der Waals surface area contributed by atoms with Crippen LogP contribution in [0.4, 0.5) is 5.69 Å². The van der Waals surface area contributed by atoms with Gasteiger partial charge in [-0.2, -0.15) is 0 Å². The summed E-state index contributed by atoms with van der Waals surface area (Å²) in [6, 6.07) is 8.32. The molecular formula is C18H17ClN2O5S2. The SMILES string of the molecule is COc1ccc(NC(=O)C(C)S(=O)(=O)Cc2coc(-c3cccs3)n2)cc1Cl. The first-order valence-corrected chi connectivity index (χ1v) is 11.1. The lowest BCUT2D eigenvalue weighted by molar-refractivity contribution is -0.115. The number of carbonyl (C=O) groups excluding carboxylic acids is 1. The molecule has 2 aromatic heterocycles. The number of halogens is 1. The largest absolute Gasteiger partial charge is 0.495 e. The Morgan fingerprint density at radius 3 is 2.82 bits per heavy atom. The van der Waals surface area contributed by atoms with Crippen molar-refractivity contribution in [3.8, 4) is 16.5 Å². The van der Waals surface area contributed by atoms with Gasteiger partial charge in [-0.25, -0.2) is 13.4 Å². The molecule has 0 aliphatic heterocycles. The van der Waals surface area contributed by atoms with Crippen LogP contribution in [0.2, 0.25) is 5.02 Å². The van der Waals surface area contributed by atoms with E-state index in [0.29, 0.717) is 22.4 Å². The maximum atomic E-state index is 12.6. The third-order valence-electron chi connectivity index (χ3n) is 3.96. The molecule has 1 amide bonds. The van der Waals surface area contributed by atoms with Gasteiger partial charge in [0.05, 0.1) is 28.5 Å². The fraction of sp³-hybridized carbons (Fsp3) is 0.222. The normalized spacial score (nSPS) is 12.5. The summed E-state index contributed by atoms with van der Waals surface area (Å²) in [6.45, 7) is 1.33. The number of sulfone groups is 1. The summed E-state index contributed by atoms with van der Waals surface area (Å²) in [7, 11) is -2.33. The van der Waals surface area contributed by atoms with Crippen molar-refractivity contribution in [2.45, 2.75) is 17.9 Å². The van der Waals surface area contributed by atoms with Crippen molar-refractivity contribution in [2.75, 3.05) is 12.4 Å². The van der Waals surface area contributed by atoms with Crippen LogP contribution in [0.5, 0.6) is 5.75 Å². The number of amides is 1. The Bertz CT molecular complexity index is 1080. The van der Waals surface area contributed by atoms with E-state index in [2.05, 4.69) is 10.3 Å². The minimum Gasteiger partial charge on any atom is -0.495 e. The van der Waals surface area contributed by atoms with Crippen LogP contribution in [0.3, 0.4) is 0 Å². The number of aromatic nitrogens is 1. The number of ether oxygens (including phenoxy) is 1. The predicted octanol–water partition coefficient (Wildman–Crippen LogP) is 4.01. The van der Waals surface area contributed by atoms with Crippen LogP contribution in [0.15, 0.2) is 46.4 Å². The molecule has 0 saturated carbocycles. The van der Waals surface area contributed by atoms with Crippen molar-refractivity contribution in [3.63, 3.8) is 0 Å². The molecule has 1 unspecified atom stereocenters. The monoisotopic (exact) mass is 440 g/mol. The van der Waals surface area contributed by atoms with Crippen molar-refractivity contribution in [1.29, 1.82) is 0 Å². The third kappa shape index (κ3) is 4.54. The zero-order valence-electron chi connectivity index (χ0n) is 15.0. The molecule has 10 heteroatoms. The molecule has 0 aliphatic rings. The minimum absolute atomic E-state index is 0.246. The van der Waals surface area contributed by atoms with E-state index in [1.165, 1.54) is 37.7 Å². The summed E-state index contributed by atoms with van der Waals surface area (Å²) in [4.78, 5) is 17.4. The number of hydrogen-bond donors (Lipinski definition) is 1. The molecule has 0 radical (unpaired) electrons. The van der Waals surface area contributed by atoms with Gasteiger partial charge < -0.3 is 14.5 Å². The molecule has 2 heterocycles. The maximum absolute atomic E-state index is 12.6. The molecular weight excluding hydrogens is 424 g/mol. The molecule has 0 fully saturated rings. The fourth-order valence-electron chi connectivity index (χ4n) is 2.37. The second kappa shape index (κ2) is 8.34. The average Bonchev–Trinajstić information content (AvgIpc) is 3.32. The summed E-state index contributed by atoms with van der Waals surface area (Å²) in [6.07, 6.45) is 1.29. The van der Waals surface area contributed by atoms with Crippen molar-refractivity contribution < 1.29 is 22.4 Å². The van der Waals surface area contributed by atoms with Gasteiger partial charge in [-0.05, 0) is 36.6 Å². The zero-order valence-corrected chi connectivity index (χ0v) is 17.4. The molecule has 0 spiro atoms. The Balaban J connectivity index is 1.69. The molecule has 148 valence electrons. The van der Waals surface area contributed by atoms with E-state index in [1.54, 1.807) is 12.1 Å². The van der Waals surface area contributed by atoms with Gasteiger partial charge in [0.15, 0.2) is 9.84 Å². The van der Waals surface area contributed by atoms with E-state index < -0.39 is 26.7 Å². The van der Waals surface area contributed by atoms with Crippen LogP contribution in [-0.4, -0.2) is 31.7 Å². The molecule has 0 bridgehead atoms. The quantitative estimate of drug-likeness (QED) is 0.596. The third-order valence-corrected chi connectivity index (χ3v) is 7.10. The van der Waals surface area contributed by atoms with Gasteiger partial charge in [-0.15, -0.1) is 11.3 Å². The van der Waals surface area contributed by atoms with E-state index in [-0.39, 0.29) is 5.69 Å². The highest BCUT2D eigenvalue weighted by atomic mass is 35.5.